The van der Waals surface area contributed by atoms with Crippen LogP contribution in [-0.2, 0) is 10.3 Å². The maximum Gasteiger partial charge on any atom is 0.360 e. The van der Waals surface area contributed by atoms with Gasteiger partial charge in [-0.3, -0.25) is 14.3 Å². The van der Waals surface area contributed by atoms with Crippen LogP contribution in [0, 0.1) is 0 Å². The molecular formula is C10H9FN4O5S. The van der Waals surface area contributed by atoms with Gasteiger partial charge in [-0.1, -0.05) is 4.48 Å². The predicted octanol–water partition coefficient (Wildman–Crippen LogP) is 0.189. The molecule has 2 aromatic heterocycles. The van der Waals surface area contributed by atoms with E-state index in [1.165, 1.54) is 18.3 Å². The summed E-state index contributed by atoms with van der Waals surface area (Å²) in [5.41, 5.74) is -0.167. The lowest BCUT2D eigenvalue weighted by Gasteiger charge is -2.17. The molecule has 0 aliphatic carbocycles. The number of aromatic nitrogens is 2. The number of carbonyl (C=O) groups excluding carboxylic acids is 1. The Hall–Kier alpha value is -2.53. The Morgan fingerprint density at radius 3 is 2.71 bits per heavy atom. The molecule has 9 nitrogen and oxygen atoms in total. The van der Waals surface area contributed by atoms with Gasteiger partial charge in [0, 0.05) is 18.6 Å². The summed E-state index contributed by atoms with van der Waals surface area (Å²) in [4.78, 5) is 18.7. The minimum Gasteiger partial charge on any atom is -0.504 e. The number of pyridine rings is 2. The van der Waals surface area contributed by atoms with Crippen LogP contribution in [0.4, 0.5) is 10.3 Å². The molecule has 0 aromatic carbocycles. The van der Waals surface area contributed by atoms with Gasteiger partial charge < -0.3 is 5.11 Å². The zero-order valence-corrected chi connectivity index (χ0v) is 11.3. The summed E-state index contributed by atoms with van der Waals surface area (Å²) in [6.45, 7) is 0. The molecule has 0 unspecified atom stereocenters. The van der Waals surface area contributed by atoms with Gasteiger partial charge in [-0.15, -0.1) is 0 Å². The summed E-state index contributed by atoms with van der Waals surface area (Å²) in [5.74, 6) is -2.49. The summed E-state index contributed by atoms with van der Waals surface area (Å²) < 4.78 is 44.1. The highest BCUT2D eigenvalue weighted by atomic mass is 32.2. The molecule has 2 heterocycles. The van der Waals surface area contributed by atoms with E-state index in [1.807, 2.05) is 0 Å². The number of nitrogens with one attached hydrogen (secondary N) is 1. The first kappa shape index (κ1) is 14.9. The average Bonchev–Trinajstić information content (AvgIpc) is 2.45. The van der Waals surface area contributed by atoms with Gasteiger partial charge in [0.2, 0.25) is 0 Å². The Morgan fingerprint density at radius 2 is 2.14 bits per heavy atom. The SMILES string of the molecule is CN(c1nc(C(=O)NF)c(O)c2ncccc12)S(=O)(=O)O. The third kappa shape index (κ3) is 2.55. The number of amides is 1. The Morgan fingerprint density at radius 1 is 1.48 bits per heavy atom. The molecule has 0 bridgehead atoms. The zero-order chi connectivity index (χ0) is 15.8. The van der Waals surface area contributed by atoms with Gasteiger partial charge in [0.05, 0.1) is 0 Å². The minimum absolute atomic E-state index is 0.0468. The van der Waals surface area contributed by atoms with Gasteiger partial charge in [-0.05, 0) is 12.1 Å². The van der Waals surface area contributed by atoms with Crippen molar-refractivity contribution in [3.05, 3.63) is 24.0 Å². The molecule has 1 amide bonds. The Balaban J connectivity index is 2.87. The van der Waals surface area contributed by atoms with Crippen LogP contribution in [0.3, 0.4) is 0 Å². The first-order valence-electron chi connectivity index (χ1n) is 5.37. The van der Waals surface area contributed by atoms with Crippen molar-refractivity contribution in [3.8, 4) is 5.75 Å². The molecule has 0 saturated carbocycles. The van der Waals surface area contributed by atoms with E-state index in [1.54, 1.807) is 0 Å². The van der Waals surface area contributed by atoms with Crippen molar-refractivity contribution in [2.45, 2.75) is 0 Å². The summed E-state index contributed by atoms with van der Waals surface area (Å²) in [5, 5.41) is 9.92. The molecular weight excluding hydrogens is 307 g/mol. The molecule has 21 heavy (non-hydrogen) atoms. The number of fused-ring (bicyclic) bond motifs is 1. The van der Waals surface area contributed by atoms with Gasteiger partial charge in [-0.2, -0.15) is 14.0 Å². The summed E-state index contributed by atoms with van der Waals surface area (Å²) in [6.07, 6.45) is 1.27. The second-order valence-corrected chi connectivity index (χ2v) is 5.34. The third-order valence-electron chi connectivity index (χ3n) is 2.66. The lowest BCUT2D eigenvalue weighted by molar-refractivity contribution is 0.0851. The van der Waals surface area contributed by atoms with Crippen molar-refractivity contribution in [1.82, 2.24) is 15.5 Å². The quantitative estimate of drug-likeness (QED) is 0.543. The van der Waals surface area contributed by atoms with Crippen molar-refractivity contribution in [1.29, 1.82) is 0 Å². The lowest BCUT2D eigenvalue weighted by Crippen LogP contribution is -2.28. The van der Waals surface area contributed by atoms with E-state index in [4.69, 9.17) is 4.55 Å². The van der Waals surface area contributed by atoms with E-state index in [0.717, 1.165) is 12.6 Å². The van der Waals surface area contributed by atoms with Crippen molar-refractivity contribution in [3.63, 3.8) is 0 Å². The van der Waals surface area contributed by atoms with Crippen LogP contribution in [-0.4, -0.2) is 41.0 Å². The zero-order valence-electron chi connectivity index (χ0n) is 10.5. The fourth-order valence-corrected chi connectivity index (χ4v) is 2.02. The monoisotopic (exact) mass is 316 g/mol. The molecule has 0 aliphatic rings. The fraction of sp³-hybridized carbons (Fsp3) is 0.100. The number of hydrogen-bond acceptors (Lipinski definition) is 6. The predicted molar refractivity (Wildman–Crippen MR) is 69.7 cm³/mol. The first-order valence-corrected chi connectivity index (χ1v) is 6.77. The van der Waals surface area contributed by atoms with Crippen molar-refractivity contribution < 1.29 is 27.4 Å². The van der Waals surface area contributed by atoms with Crippen LogP contribution in [0.15, 0.2) is 18.3 Å². The van der Waals surface area contributed by atoms with Crippen LogP contribution in [0.2, 0.25) is 0 Å². The normalized spacial score (nSPS) is 11.4. The smallest absolute Gasteiger partial charge is 0.360 e. The van der Waals surface area contributed by atoms with E-state index >= 15 is 0 Å². The van der Waals surface area contributed by atoms with E-state index < -0.39 is 33.5 Å². The van der Waals surface area contributed by atoms with Gasteiger partial charge in [0.15, 0.2) is 17.3 Å². The standard InChI is InChI=1S/C10H9FN4O5S/c1-15(21(18,19)20)9-5-3-2-4-12-6(5)8(16)7(13-9)10(17)14-11/h2-4,16H,1H3,(H,14,17)(H,18,19,20). The summed E-state index contributed by atoms with van der Waals surface area (Å²) in [7, 11) is -3.70. The first-order chi connectivity index (χ1) is 9.77. The number of carbonyl (C=O) groups is 1. The molecule has 0 atom stereocenters. The van der Waals surface area contributed by atoms with E-state index in [0.29, 0.717) is 4.31 Å². The Bertz CT molecular complexity index is 826. The van der Waals surface area contributed by atoms with Crippen LogP contribution >= 0.6 is 0 Å². The average molecular weight is 316 g/mol. The maximum atomic E-state index is 12.3. The topological polar surface area (TPSA) is 133 Å². The van der Waals surface area contributed by atoms with Crippen molar-refractivity contribution in [2.24, 2.45) is 0 Å². The van der Waals surface area contributed by atoms with Crippen molar-refractivity contribution >= 4 is 32.9 Å². The van der Waals surface area contributed by atoms with Crippen molar-refractivity contribution in [2.75, 3.05) is 11.4 Å². The largest absolute Gasteiger partial charge is 0.504 e. The maximum absolute atomic E-state index is 12.3. The molecule has 0 fully saturated rings. The number of halogens is 1. The Labute approximate surface area is 117 Å². The molecule has 0 saturated heterocycles. The second-order valence-electron chi connectivity index (χ2n) is 3.90. The van der Waals surface area contributed by atoms with Crippen LogP contribution in [0.25, 0.3) is 10.9 Å². The number of aromatic hydroxyl groups is 1. The molecule has 2 rings (SSSR count). The highest BCUT2D eigenvalue weighted by Crippen LogP contribution is 2.32. The molecule has 0 aliphatic heterocycles. The number of nitrogens with zero attached hydrogens (tertiary/aromatic N) is 3. The molecule has 2 aromatic rings. The van der Waals surface area contributed by atoms with Gasteiger partial charge in [0.25, 0.3) is 0 Å². The Kier molecular flexibility index (Phi) is 3.61. The molecule has 11 heteroatoms. The van der Waals surface area contributed by atoms with E-state index in [-0.39, 0.29) is 10.9 Å². The number of hydrogen-bond donors (Lipinski definition) is 3. The van der Waals surface area contributed by atoms with Crippen LogP contribution in [0.5, 0.6) is 5.75 Å². The molecule has 112 valence electrons. The second kappa shape index (κ2) is 5.10. The van der Waals surface area contributed by atoms with Gasteiger partial charge in [-0.25, -0.2) is 9.29 Å². The minimum atomic E-state index is -4.67. The van der Waals surface area contributed by atoms with Crippen LogP contribution < -0.4 is 9.84 Å². The highest BCUT2D eigenvalue weighted by molar-refractivity contribution is 7.87. The lowest BCUT2D eigenvalue weighted by atomic mass is 10.2. The van der Waals surface area contributed by atoms with Crippen LogP contribution in [0.1, 0.15) is 10.5 Å². The molecule has 3 N–H and O–H groups in total. The summed E-state index contributed by atoms with van der Waals surface area (Å²) in [6, 6.07) is 2.79. The number of rotatable bonds is 3. The van der Waals surface area contributed by atoms with E-state index in [9.17, 15) is 22.8 Å². The van der Waals surface area contributed by atoms with E-state index in [2.05, 4.69) is 9.97 Å². The highest BCUT2D eigenvalue weighted by Gasteiger charge is 2.25. The van der Waals surface area contributed by atoms with Gasteiger partial charge >= 0.3 is 16.2 Å². The number of anilines is 1. The molecule has 0 radical (unpaired) electrons. The fourth-order valence-electron chi connectivity index (χ4n) is 1.66. The molecule has 0 spiro atoms. The third-order valence-corrected chi connectivity index (χ3v) is 3.53. The van der Waals surface area contributed by atoms with Gasteiger partial charge in [0.1, 0.15) is 5.52 Å². The summed E-state index contributed by atoms with van der Waals surface area (Å²) >= 11 is 0.